The van der Waals surface area contributed by atoms with E-state index in [0.717, 1.165) is 12.1 Å². The fraction of sp³-hybridized carbons (Fsp3) is 0.308. The molecule has 0 spiro atoms. The molecule has 1 atom stereocenters. The summed E-state index contributed by atoms with van der Waals surface area (Å²) in [7, 11) is 0. The summed E-state index contributed by atoms with van der Waals surface area (Å²) in [5.41, 5.74) is 0.786. The van der Waals surface area contributed by atoms with Crippen LogP contribution in [0.25, 0.3) is 0 Å². The van der Waals surface area contributed by atoms with Crippen LogP contribution >= 0.6 is 23.2 Å². The maximum atomic E-state index is 5.97. The molecule has 7 heteroatoms. The monoisotopic (exact) mass is 311 g/mol. The first kappa shape index (κ1) is 14.8. The molecule has 1 unspecified atom stereocenters. The number of aromatic nitrogens is 3. The number of hydrogen-bond donors (Lipinski definition) is 2. The van der Waals surface area contributed by atoms with E-state index in [4.69, 9.17) is 23.2 Å². The lowest BCUT2D eigenvalue weighted by Gasteiger charge is -2.11. The van der Waals surface area contributed by atoms with Gasteiger partial charge in [-0.25, -0.2) is 0 Å². The summed E-state index contributed by atoms with van der Waals surface area (Å²) in [6, 6.07) is 5.56. The zero-order valence-corrected chi connectivity index (χ0v) is 12.7. The molecular formula is C13H15Cl2N5. The Bertz CT molecular complexity index is 591. The van der Waals surface area contributed by atoms with Crippen molar-refractivity contribution < 1.29 is 0 Å². The number of nitrogens with one attached hydrogen (secondary N) is 2. The predicted molar refractivity (Wildman–Crippen MR) is 82.9 cm³/mol. The van der Waals surface area contributed by atoms with E-state index in [-0.39, 0.29) is 6.04 Å². The van der Waals surface area contributed by atoms with Gasteiger partial charge in [-0.1, -0.05) is 30.1 Å². The van der Waals surface area contributed by atoms with Gasteiger partial charge >= 0.3 is 0 Å². The van der Waals surface area contributed by atoms with Crippen LogP contribution in [0, 0.1) is 0 Å². The maximum absolute atomic E-state index is 5.97. The molecular weight excluding hydrogens is 297 g/mol. The lowest BCUT2D eigenvalue weighted by molar-refractivity contribution is 0.746. The molecule has 106 valence electrons. The molecule has 2 N–H and O–H groups in total. The third kappa shape index (κ3) is 3.95. The van der Waals surface area contributed by atoms with E-state index in [0.29, 0.717) is 21.8 Å². The van der Waals surface area contributed by atoms with E-state index < -0.39 is 0 Å². The highest BCUT2D eigenvalue weighted by Crippen LogP contribution is 2.26. The van der Waals surface area contributed by atoms with Gasteiger partial charge in [-0.05, 0) is 31.5 Å². The second kappa shape index (κ2) is 6.72. The van der Waals surface area contributed by atoms with Crippen LogP contribution in [-0.2, 0) is 0 Å². The van der Waals surface area contributed by atoms with Gasteiger partial charge in [0, 0.05) is 11.7 Å². The van der Waals surface area contributed by atoms with Crippen LogP contribution in [0.15, 0.2) is 24.4 Å². The van der Waals surface area contributed by atoms with Crippen LogP contribution in [0.3, 0.4) is 0 Å². The van der Waals surface area contributed by atoms with Gasteiger partial charge in [-0.3, -0.25) is 0 Å². The molecule has 1 heterocycles. The average Bonchev–Trinajstić information content (AvgIpc) is 2.43. The number of anilines is 3. The quantitative estimate of drug-likeness (QED) is 0.869. The van der Waals surface area contributed by atoms with Gasteiger partial charge in [0.1, 0.15) is 0 Å². The second-order valence-electron chi connectivity index (χ2n) is 4.37. The largest absolute Gasteiger partial charge is 0.350 e. The van der Waals surface area contributed by atoms with Crippen molar-refractivity contribution in [1.29, 1.82) is 0 Å². The van der Waals surface area contributed by atoms with Gasteiger partial charge in [0.2, 0.25) is 5.95 Å². The van der Waals surface area contributed by atoms with Crippen LogP contribution < -0.4 is 10.6 Å². The van der Waals surface area contributed by atoms with Crippen molar-refractivity contribution in [1.82, 2.24) is 15.2 Å². The van der Waals surface area contributed by atoms with Gasteiger partial charge in [0.15, 0.2) is 5.82 Å². The van der Waals surface area contributed by atoms with Gasteiger partial charge in [0.05, 0.1) is 16.2 Å². The van der Waals surface area contributed by atoms with Crippen LogP contribution in [0.2, 0.25) is 10.0 Å². The topological polar surface area (TPSA) is 62.7 Å². The third-order valence-corrected chi connectivity index (χ3v) is 3.48. The van der Waals surface area contributed by atoms with Gasteiger partial charge in [-0.15, -0.1) is 5.10 Å². The summed E-state index contributed by atoms with van der Waals surface area (Å²) >= 11 is 11.8. The Balaban J connectivity index is 2.12. The summed E-state index contributed by atoms with van der Waals surface area (Å²) in [5.74, 6) is 1.08. The smallest absolute Gasteiger partial charge is 0.244 e. The Morgan fingerprint density at radius 1 is 1.25 bits per heavy atom. The van der Waals surface area contributed by atoms with E-state index >= 15 is 0 Å². The van der Waals surface area contributed by atoms with Crippen molar-refractivity contribution in [2.45, 2.75) is 26.3 Å². The third-order valence-electron chi connectivity index (χ3n) is 2.74. The molecule has 20 heavy (non-hydrogen) atoms. The van der Waals surface area contributed by atoms with Crippen LogP contribution in [-0.4, -0.2) is 21.2 Å². The number of benzene rings is 1. The molecule has 0 amide bonds. The second-order valence-corrected chi connectivity index (χ2v) is 5.19. The molecule has 2 aromatic rings. The molecule has 1 aromatic heterocycles. The molecule has 0 fully saturated rings. The van der Waals surface area contributed by atoms with E-state index in [1.165, 1.54) is 0 Å². The van der Waals surface area contributed by atoms with Crippen molar-refractivity contribution in [3.05, 3.63) is 34.4 Å². The summed E-state index contributed by atoms with van der Waals surface area (Å²) in [6.07, 6.45) is 2.53. The van der Waals surface area contributed by atoms with Crippen molar-refractivity contribution in [2.24, 2.45) is 0 Å². The van der Waals surface area contributed by atoms with Gasteiger partial charge in [-0.2, -0.15) is 10.1 Å². The molecule has 0 aliphatic carbocycles. The standard InChI is InChI=1S/C13H15Cl2N5/c1-3-8(2)17-13-19-12(7-16-20-13)18-9-4-5-10(14)11(15)6-9/h4-8H,3H2,1-2H3,(H2,17,18,19,20). The number of rotatable bonds is 5. The first-order chi connectivity index (χ1) is 9.58. The molecule has 0 aliphatic heterocycles. The van der Waals surface area contributed by atoms with Crippen LogP contribution in [0.5, 0.6) is 0 Å². The molecule has 0 aliphatic rings. The Kier molecular flexibility index (Phi) is 4.98. The Morgan fingerprint density at radius 2 is 2.05 bits per heavy atom. The molecule has 0 saturated heterocycles. The number of hydrogen-bond acceptors (Lipinski definition) is 5. The van der Waals surface area contributed by atoms with E-state index in [1.807, 2.05) is 6.07 Å². The first-order valence-electron chi connectivity index (χ1n) is 6.27. The fourth-order valence-electron chi connectivity index (χ4n) is 1.47. The zero-order chi connectivity index (χ0) is 14.5. The molecule has 5 nitrogen and oxygen atoms in total. The Morgan fingerprint density at radius 3 is 2.75 bits per heavy atom. The Labute approximate surface area is 127 Å². The molecule has 2 rings (SSSR count). The number of halogens is 2. The number of nitrogens with zero attached hydrogens (tertiary/aromatic N) is 3. The van der Waals surface area contributed by atoms with Crippen LogP contribution in [0.4, 0.5) is 17.5 Å². The summed E-state index contributed by atoms with van der Waals surface area (Å²) in [6.45, 7) is 4.14. The normalized spacial score (nSPS) is 12.0. The van der Waals surface area contributed by atoms with E-state index in [1.54, 1.807) is 18.3 Å². The predicted octanol–water partition coefficient (Wildman–Crippen LogP) is 4.13. The van der Waals surface area contributed by atoms with Crippen molar-refractivity contribution in [3.8, 4) is 0 Å². The Hall–Kier alpha value is -1.59. The maximum Gasteiger partial charge on any atom is 0.244 e. The van der Waals surface area contributed by atoms with E-state index in [9.17, 15) is 0 Å². The minimum absolute atomic E-state index is 0.289. The molecule has 0 radical (unpaired) electrons. The molecule has 0 bridgehead atoms. The highest BCUT2D eigenvalue weighted by molar-refractivity contribution is 6.42. The SMILES string of the molecule is CCC(C)Nc1nncc(Nc2ccc(Cl)c(Cl)c2)n1. The lowest BCUT2D eigenvalue weighted by Crippen LogP contribution is -2.16. The minimum Gasteiger partial charge on any atom is -0.350 e. The van der Waals surface area contributed by atoms with Crippen molar-refractivity contribution >= 4 is 40.7 Å². The zero-order valence-electron chi connectivity index (χ0n) is 11.2. The summed E-state index contributed by atoms with van der Waals surface area (Å²) < 4.78 is 0. The average molecular weight is 312 g/mol. The van der Waals surface area contributed by atoms with E-state index in [2.05, 4.69) is 39.7 Å². The highest BCUT2D eigenvalue weighted by atomic mass is 35.5. The van der Waals surface area contributed by atoms with Gasteiger partial charge in [0.25, 0.3) is 0 Å². The van der Waals surface area contributed by atoms with Crippen molar-refractivity contribution in [3.63, 3.8) is 0 Å². The van der Waals surface area contributed by atoms with Gasteiger partial charge < -0.3 is 10.6 Å². The van der Waals surface area contributed by atoms with Crippen molar-refractivity contribution in [2.75, 3.05) is 10.6 Å². The lowest BCUT2D eigenvalue weighted by atomic mass is 10.3. The molecule has 0 saturated carbocycles. The minimum atomic E-state index is 0.289. The summed E-state index contributed by atoms with van der Waals surface area (Å²) in [4.78, 5) is 4.34. The fourth-order valence-corrected chi connectivity index (χ4v) is 1.77. The summed E-state index contributed by atoms with van der Waals surface area (Å²) in [5, 5.41) is 15.1. The first-order valence-corrected chi connectivity index (χ1v) is 7.02. The highest BCUT2D eigenvalue weighted by Gasteiger charge is 2.05. The van der Waals surface area contributed by atoms with Crippen LogP contribution in [0.1, 0.15) is 20.3 Å². The molecule has 1 aromatic carbocycles.